The van der Waals surface area contributed by atoms with Gasteiger partial charge < -0.3 is 10.1 Å². The zero-order valence-corrected chi connectivity index (χ0v) is 12.3. The van der Waals surface area contributed by atoms with E-state index >= 15 is 0 Å². The number of nitrogens with zero attached hydrogens (tertiary/aromatic N) is 2. The van der Waals surface area contributed by atoms with Gasteiger partial charge in [0.25, 0.3) is 0 Å². The van der Waals surface area contributed by atoms with Crippen LogP contribution in [0.1, 0.15) is 26.2 Å². The third-order valence-electron chi connectivity index (χ3n) is 2.94. The minimum Gasteiger partial charge on any atom is -0.468 e. The number of carbonyl (C=O) groups is 2. The van der Waals surface area contributed by atoms with Crippen molar-refractivity contribution in [2.45, 2.75) is 36.5 Å². The Balaban J connectivity index is 1.93. The number of nitrogens with one attached hydrogen (secondary N) is 1. The number of thioether (sulfide) groups is 1. The fourth-order valence-corrected chi connectivity index (χ4v) is 2.48. The largest absolute Gasteiger partial charge is 0.468 e. The van der Waals surface area contributed by atoms with E-state index in [1.54, 1.807) is 12.1 Å². The number of hydrogen-bond acceptors (Lipinski definition) is 6. The number of rotatable bonds is 6. The molecule has 1 unspecified atom stereocenters. The molecule has 0 bridgehead atoms. The first-order chi connectivity index (χ1) is 9.63. The highest BCUT2D eigenvalue weighted by atomic mass is 32.2. The van der Waals surface area contributed by atoms with Crippen LogP contribution < -0.4 is 5.32 Å². The van der Waals surface area contributed by atoms with Gasteiger partial charge in [0, 0.05) is 5.92 Å². The van der Waals surface area contributed by atoms with Crippen molar-refractivity contribution in [1.82, 2.24) is 10.2 Å². The summed E-state index contributed by atoms with van der Waals surface area (Å²) in [6.07, 6.45) is 2.55. The van der Waals surface area contributed by atoms with Crippen LogP contribution in [0, 0.1) is 5.92 Å². The van der Waals surface area contributed by atoms with E-state index in [4.69, 9.17) is 4.74 Å². The zero-order valence-electron chi connectivity index (χ0n) is 11.5. The maximum absolute atomic E-state index is 11.6. The number of hydrogen-bond donors (Lipinski definition) is 1. The van der Waals surface area contributed by atoms with Gasteiger partial charge in [0.2, 0.25) is 5.91 Å². The molecule has 1 saturated carbocycles. The summed E-state index contributed by atoms with van der Waals surface area (Å²) in [6.45, 7) is 1.91. The molecule has 7 heteroatoms. The normalized spacial score (nSPS) is 15.5. The van der Waals surface area contributed by atoms with Gasteiger partial charge in [-0.15, -0.1) is 10.2 Å². The molecule has 1 amide bonds. The van der Waals surface area contributed by atoms with Crippen molar-refractivity contribution < 1.29 is 14.3 Å². The van der Waals surface area contributed by atoms with Crippen molar-refractivity contribution in [3.05, 3.63) is 12.1 Å². The maximum atomic E-state index is 11.6. The summed E-state index contributed by atoms with van der Waals surface area (Å²) in [7, 11) is 1.37. The number of ether oxygens (including phenoxy) is 1. The average Bonchev–Trinajstić information content (AvgIpc) is 3.30. The third kappa shape index (κ3) is 3.93. The fraction of sp³-hybridized carbons (Fsp3) is 0.538. The monoisotopic (exact) mass is 295 g/mol. The van der Waals surface area contributed by atoms with Crippen LogP contribution in [-0.2, 0) is 14.3 Å². The van der Waals surface area contributed by atoms with Crippen LogP contribution >= 0.6 is 11.8 Å². The fourth-order valence-electron chi connectivity index (χ4n) is 1.60. The first-order valence-corrected chi connectivity index (χ1v) is 7.41. The summed E-state index contributed by atoms with van der Waals surface area (Å²) in [6, 6.07) is 3.44. The molecule has 2 rings (SSSR count). The van der Waals surface area contributed by atoms with Crippen LogP contribution in [0.4, 0.5) is 5.82 Å². The highest BCUT2D eigenvalue weighted by Gasteiger charge is 2.29. The molecule has 20 heavy (non-hydrogen) atoms. The Kier molecular flexibility index (Phi) is 4.94. The molecule has 1 aromatic heterocycles. The number of methoxy groups -OCH3 is 1. The van der Waals surface area contributed by atoms with E-state index < -0.39 is 0 Å². The second kappa shape index (κ2) is 6.69. The topological polar surface area (TPSA) is 81.2 Å². The van der Waals surface area contributed by atoms with E-state index in [0.29, 0.717) is 17.3 Å². The molecule has 1 aliphatic rings. The van der Waals surface area contributed by atoms with Crippen LogP contribution in [0.2, 0.25) is 0 Å². The van der Waals surface area contributed by atoms with Gasteiger partial charge >= 0.3 is 5.97 Å². The molecular formula is C13H17N3O3S. The highest BCUT2D eigenvalue weighted by molar-refractivity contribution is 8.00. The van der Waals surface area contributed by atoms with Crippen LogP contribution in [0.5, 0.6) is 0 Å². The Labute approximate surface area is 121 Å². The molecule has 1 N–H and O–H groups in total. The first-order valence-electron chi connectivity index (χ1n) is 6.53. The molecule has 1 aliphatic carbocycles. The summed E-state index contributed by atoms with van der Waals surface area (Å²) >= 11 is 1.31. The van der Waals surface area contributed by atoms with Crippen molar-refractivity contribution >= 4 is 29.5 Å². The molecule has 1 atom stereocenters. The van der Waals surface area contributed by atoms with Gasteiger partial charge in [-0.2, -0.15) is 0 Å². The summed E-state index contributed by atoms with van der Waals surface area (Å²) in [5, 5.41) is 11.0. The molecule has 0 radical (unpaired) electrons. The summed E-state index contributed by atoms with van der Waals surface area (Å²) in [4.78, 5) is 23.1. The quantitative estimate of drug-likeness (QED) is 0.637. The molecule has 0 saturated heterocycles. The molecule has 0 spiro atoms. The van der Waals surface area contributed by atoms with Gasteiger partial charge in [-0.25, -0.2) is 0 Å². The summed E-state index contributed by atoms with van der Waals surface area (Å²) < 4.78 is 4.72. The van der Waals surface area contributed by atoms with Gasteiger partial charge in [-0.3, -0.25) is 9.59 Å². The molecule has 1 aromatic rings. The van der Waals surface area contributed by atoms with Crippen molar-refractivity contribution in [2.75, 3.05) is 12.4 Å². The van der Waals surface area contributed by atoms with Crippen LogP contribution in [-0.4, -0.2) is 34.4 Å². The lowest BCUT2D eigenvalue weighted by Gasteiger charge is -2.11. The Bertz CT molecular complexity index is 488. The second-order valence-corrected chi connectivity index (χ2v) is 5.78. The maximum Gasteiger partial charge on any atom is 0.319 e. The van der Waals surface area contributed by atoms with E-state index in [9.17, 15) is 9.59 Å². The van der Waals surface area contributed by atoms with Crippen molar-refractivity contribution in [1.29, 1.82) is 0 Å². The highest BCUT2D eigenvalue weighted by Crippen LogP contribution is 2.30. The van der Waals surface area contributed by atoms with Crippen LogP contribution in [0.25, 0.3) is 0 Å². The smallest absolute Gasteiger partial charge is 0.319 e. The Morgan fingerprint density at radius 3 is 2.70 bits per heavy atom. The van der Waals surface area contributed by atoms with Crippen LogP contribution in [0.15, 0.2) is 17.2 Å². The van der Waals surface area contributed by atoms with Crippen molar-refractivity contribution in [3.63, 3.8) is 0 Å². The molecule has 0 aromatic carbocycles. The van der Waals surface area contributed by atoms with E-state index in [1.165, 1.54) is 18.9 Å². The Hall–Kier alpha value is -1.63. The lowest BCUT2D eigenvalue weighted by molar-refractivity contribution is -0.140. The van der Waals surface area contributed by atoms with E-state index in [1.807, 2.05) is 6.92 Å². The van der Waals surface area contributed by atoms with Crippen LogP contribution in [0.3, 0.4) is 0 Å². The summed E-state index contributed by atoms with van der Waals surface area (Å²) in [5.74, 6) is 0.304. The predicted molar refractivity (Wildman–Crippen MR) is 75.3 cm³/mol. The molecule has 108 valence electrons. The minimum absolute atomic E-state index is 0.000647. The zero-order chi connectivity index (χ0) is 14.5. The van der Waals surface area contributed by atoms with Crippen molar-refractivity contribution in [3.8, 4) is 0 Å². The third-order valence-corrected chi connectivity index (χ3v) is 4.21. The molecule has 1 heterocycles. The van der Waals surface area contributed by atoms with Gasteiger partial charge in [0.1, 0.15) is 10.3 Å². The Morgan fingerprint density at radius 2 is 2.20 bits per heavy atom. The SMILES string of the molecule is CCC(Sc1ccc(NC(=O)C2CC2)nn1)C(=O)OC. The van der Waals surface area contributed by atoms with Crippen molar-refractivity contribution in [2.24, 2.45) is 5.92 Å². The number of anilines is 1. The summed E-state index contributed by atoms with van der Waals surface area (Å²) in [5.41, 5.74) is 0. The second-order valence-electron chi connectivity index (χ2n) is 4.56. The lowest BCUT2D eigenvalue weighted by Crippen LogP contribution is -2.18. The van der Waals surface area contributed by atoms with Gasteiger partial charge in [-0.05, 0) is 31.4 Å². The van der Waals surface area contributed by atoms with Gasteiger partial charge in [-0.1, -0.05) is 18.7 Å². The molecular weight excluding hydrogens is 278 g/mol. The van der Waals surface area contributed by atoms with E-state index in [2.05, 4.69) is 15.5 Å². The lowest BCUT2D eigenvalue weighted by atomic mass is 10.3. The average molecular weight is 295 g/mol. The number of aromatic nitrogens is 2. The van der Waals surface area contributed by atoms with E-state index in [0.717, 1.165) is 12.8 Å². The minimum atomic E-state index is -0.291. The molecule has 1 fully saturated rings. The first kappa shape index (κ1) is 14.8. The predicted octanol–water partition coefficient (Wildman–Crippen LogP) is 1.87. The molecule has 6 nitrogen and oxygen atoms in total. The standard InChI is InChI=1S/C13H17N3O3S/c1-3-9(13(18)19-2)20-11-7-6-10(15-16-11)14-12(17)8-4-5-8/h6-9H,3-5H2,1-2H3,(H,14,15,17). The number of esters is 1. The number of carbonyl (C=O) groups excluding carboxylic acids is 2. The van der Waals surface area contributed by atoms with Gasteiger partial charge in [0.05, 0.1) is 7.11 Å². The van der Waals surface area contributed by atoms with Gasteiger partial charge in [0.15, 0.2) is 5.82 Å². The Morgan fingerprint density at radius 1 is 1.45 bits per heavy atom. The molecule has 0 aliphatic heterocycles. The van der Waals surface area contributed by atoms with E-state index in [-0.39, 0.29) is 23.0 Å². The number of amides is 1.